The summed E-state index contributed by atoms with van der Waals surface area (Å²) in [6.45, 7) is 7.67. The zero-order valence-corrected chi connectivity index (χ0v) is 12.5. The summed E-state index contributed by atoms with van der Waals surface area (Å²) in [5, 5.41) is 3.45. The molecule has 1 unspecified atom stereocenters. The Labute approximate surface area is 121 Å². The highest BCUT2D eigenvalue weighted by atomic mass is 15.3. The number of nitrogen functional groups attached to an aromatic ring is 1. The molecular weight excluding hydrogens is 252 g/mol. The number of hydrazine groups is 1. The average Bonchev–Trinajstić information content (AvgIpc) is 2.52. The molecule has 4 N–H and O–H groups in total. The highest BCUT2D eigenvalue weighted by molar-refractivity contribution is 5.56. The lowest BCUT2D eigenvalue weighted by molar-refractivity contribution is 0.180. The maximum atomic E-state index is 5.49. The highest BCUT2D eigenvalue weighted by Gasteiger charge is 2.17. The lowest BCUT2D eigenvalue weighted by atomic mass is 10.1. The maximum absolute atomic E-state index is 5.49. The van der Waals surface area contributed by atoms with Crippen LogP contribution in [0.25, 0.3) is 0 Å². The van der Waals surface area contributed by atoms with Gasteiger partial charge in [0.15, 0.2) is 0 Å². The summed E-state index contributed by atoms with van der Waals surface area (Å²) in [4.78, 5) is 11.0. The van der Waals surface area contributed by atoms with Gasteiger partial charge in [-0.1, -0.05) is 13.3 Å². The monoisotopic (exact) mass is 278 g/mol. The number of nitrogens with zero attached hydrogens (tertiary/aromatic N) is 3. The van der Waals surface area contributed by atoms with Crippen molar-refractivity contribution in [3.63, 3.8) is 0 Å². The molecule has 2 rings (SSSR count). The molecule has 1 aliphatic rings. The van der Waals surface area contributed by atoms with Gasteiger partial charge in [-0.15, -0.1) is 0 Å². The highest BCUT2D eigenvalue weighted by Crippen LogP contribution is 2.20. The van der Waals surface area contributed by atoms with Crippen LogP contribution in [0.4, 0.5) is 11.6 Å². The Bertz CT molecular complexity index is 416. The summed E-state index contributed by atoms with van der Waals surface area (Å²) in [7, 11) is 0. The minimum absolute atomic E-state index is 0.518. The van der Waals surface area contributed by atoms with Crippen LogP contribution in [0, 0.1) is 0 Å². The van der Waals surface area contributed by atoms with Gasteiger partial charge < -0.3 is 10.7 Å². The fourth-order valence-corrected chi connectivity index (χ4v) is 2.76. The number of likely N-dealkylation sites (tertiary alicyclic amines) is 1. The summed E-state index contributed by atoms with van der Waals surface area (Å²) < 4.78 is 0. The number of nitrogens with one attached hydrogen (secondary N) is 2. The van der Waals surface area contributed by atoms with Gasteiger partial charge in [0.25, 0.3) is 0 Å². The van der Waals surface area contributed by atoms with E-state index >= 15 is 0 Å². The number of piperidine rings is 1. The molecule has 0 amide bonds. The minimum atomic E-state index is 0.518. The van der Waals surface area contributed by atoms with Crippen molar-refractivity contribution < 1.29 is 0 Å². The zero-order valence-electron chi connectivity index (χ0n) is 12.5. The number of nitrogens with two attached hydrogens (primary N) is 1. The molecule has 112 valence electrons. The second-order valence-corrected chi connectivity index (χ2v) is 5.37. The summed E-state index contributed by atoms with van der Waals surface area (Å²) >= 11 is 0. The molecule has 20 heavy (non-hydrogen) atoms. The molecule has 1 atom stereocenters. The Morgan fingerprint density at radius 3 is 2.60 bits per heavy atom. The molecule has 2 heterocycles. The first-order chi connectivity index (χ1) is 9.76. The minimum Gasteiger partial charge on any atom is -0.368 e. The van der Waals surface area contributed by atoms with Crippen LogP contribution in [-0.2, 0) is 6.42 Å². The van der Waals surface area contributed by atoms with Crippen molar-refractivity contribution in [1.82, 2.24) is 14.9 Å². The molecule has 0 radical (unpaired) electrons. The van der Waals surface area contributed by atoms with Crippen molar-refractivity contribution in [2.24, 2.45) is 5.84 Å². The van der Waals surface area contributed by atoms with E-state index in [1.807, 2.05) is 0 Å². The van der Waals surface area contributed by atoms with E-state index in [4.69, 9.17) is 5.84 Å². The van der Waals surface area contributed by atoms with Crippen molar-refractivity contribution in [1.29, 1.82) is 0 Å². The van der Waals surface area contributed by atoms with Crippen molar-refractivity contribution >= 4 is 11.6 Å². The molecule has 0 aromatic carbocycles. The maximum Gasteiger partial charge on any atom is 0.148 e. The van der Waals surface area contributed by atoms with Crippen LogP contribution in [0.1, 0.15) is 38.7 Å². The van der Waals surface area contributed by atoms with E-state index in [9.17, 15) is 0 Å². The van der Waals surface area contributed by atoms with Gasteiger partial charge in [-0.3, -0.25) is 4.90 Å². The SMILES string of the molecule is CCc1c(NN)ncnc1NCC(C)N1CCCCC1. The third-order valence-electron chi connectivity index (χ3n) is 4.01. The van der Waals surface area contributed by atoms with Crippen molar-refractivity contribution in [2.75, 3.05) is 30.4 Å². The molecule has 0 saturated carbocycles. The normalized spacial score (nSPS) is 17.8. The van der Waals surface area contributed by atoms with Gasteiger partial charge in [0.05, 0.1) is 0 Å². The van der Waals surface area contributed by atoms with E-state index < -0.39 is 0 Å². The predicted octanol–water partition coefficient (Wildman–Crippen LogP) is 1.61. The fraction of sp³-hybridized carbons (Fsp3) is 0.714. The second-order valence-electron chi connectivity index (χ2n) is 5.37. The lowest BCUT2D eigenvalue weighted by Gasteiger charge is -2.32. The Kier molecular flexibility index (Phi) is 5.55. The summed E-state index contributed by atoms with van der Waals surface area (Å²) in [5.74, 6) is 7.08. The van der Waals surface area contributed by atoms with Gasteiger partial charge in [-0.05, 0) is 39.3 Å². The Hall–Kier alpha value is -1.40. The number of anilines is 2. The van der Waals surface area contributed by atoms with Crippen LogP contribution in [0.3, 0.4) is 0 Å². The van der Waals surface area contributed by atoms with E-state index in [1.54, 1.807) is 6.33 Å². The first kappa shape index (κ1) is 15.0. The van der Waals surface area contributed by atoms with E-state index in [1.165, 1.54) is 32.4 Å². The third-order valence-corrected chi connectivity index (χ3v) is 4.01. The summed E-state index contributed by atoms with van der Waals surface area (Å²) in [6.07, 6.45) is 6.40. The third kappa shape index (κ3) is 3.58. The molecule has 1 aliphatic heterocycles. The smallest absolute Gasteiger partial charge is 0.148 e. The molecule has 1 saturated heterocycles. The Morgan fingerprint density at radius 2 is 1.95 bits per heavy atom. The van der Waals surface area contributed by atoms with Gasteiger partial charge in [0, 0.05) is 18.2 Å². The number of hydrogen-bond donors (Lipinski definition) is 3. The van der Waals surface area contributed by atoms with Crippen LogP contribution in [-0.4, -0.2) is 40.5 Å². The van der Waals surface area contributed by atoms with Crippen LogP contribution in [0.2, 0.25) is 0 Å². The largest absolute Gasteiger partial charge is 0.368 e. The van der Waals surface area contributed by atoms with Gasteiger partial charge in [0.1, 0.15) is 18.0 Å². The molecule has 1 fully saturated rings. The Morgan fingerprint density at radius 1 is 1.25 bits per heavy atom. The molecular formula is C14H26N6. The van der Waals surface area contributed by atoms with Gasteiger partial charge >= 0.3 is 0 Å². The van der Waals surface area contributed by atoms with E-state index in [2.05, 4.69) is 39.5 Å². The van der Waals surface area contributed by atoms with E-state index in [0.29, 0.717) is 11.9 Å². The first-order valence-electron chi connectivity index (χ1n) is 7.54. The molecule has 1 aromatic rings. The van der Waals surface area contributed by atoms with Crippen molar-refractivity contribution in [3.8, 4) is 0 Å². The topological polar surface area (TPSA) is 79.1 Å². The first-order valence-corrected chi connectivity index (χ1v) is 7.54. The standard InChI is InChI=1S/C14H26N6/c1-3-12-13(17-10-18-14(12)19-15)16-9-11(2)20-7-5-4-6-8-20/h10-11H,3-9,15H2,1-2H3,(H2,16,17,18,19). The van der Waals surface area contributed by atoms with Crippen LogP contribution in [0.5, 0.6) is 0 Å². The molecule has 0 aliphatic carbocycles. The van der Waals surface area contributed by atoms with Crippen LogP contribution in [0.15, 0.2) is 6.33 Å². The second kappa shape index (κ2) is 7.40. The number of rotatable bonds is 6. The van der Waals surface area contributed by atoms with Gasteiger partial charge in [0.2, 0.25) is 0 Å². The molecule has 0 bridgehead atoms. The van der Waals surface area contributed by atoms with Crippen LogP contribution < -0.4 is 16.6 Å². The summed E-state index contributed by atoms with van der Waals surface area (Å²) in [5.41, 5.74) is 3.68. The van der Waals surface area contributed by atoms with E-state index in [-0.39, 0.29) is 0 Å². The lowest BCUT2D eigenvalue weighted by Crippen LogP contribution is -2.41. The molecule has 1 aromatic heterocycles. The number of hydrogen-bond acceptors (Lipinski definition) is 6. The molecule has 0 spiro atoms. The van der Waals surface area contributed by atoms with Gasteiger partial charge in [-0.25, -0.2) is 15.8 Å². The van der Waals surface area contributed by atoms with Crippen molar-refractivity contribution in [2.45, 2.75) is 45.6 Å². The van der Waals surface area contributed by atoms with Crippen LogP contribution >= 0.6 is 0 Å². The van der Waals surface area contributed by atoms with Gasteiger partial charge in [-0.2, -0.15) is 0 Å². The number of aromatic nitrogens is 2. The average molecular weight is 278 g/mol. The zero-order chi connectivity index (χ0) is 14.4. The Balaban J connectivity index is 1.96. The molecule has 6 heteroatoms. The fourth-order valence-electron chi connectivity index (χ4n) is 2.76. The molecule has 6 nitrogen and oxygen atoms in total. The van der Waals surface area contributed by atoms with Crippen molar-refractivity contribution in [3.05, 3.63) is 11.9 Å². The quantitative estimate of drug-likeness (QED) is 0.542. The predicted molar refractivity (Wildman–Crippen MR) is 82.6 cm³/mol. The van der Waals surface area contributed by atoms with E-state index in [0.717, 1.165) is 24.3 Å². The summed E-state index contributed by atoms with van der Waals surface area (Å²) in [6, 6.07) is 0.518.